The average molecular weight is 326 g/mol. The number of amides is 1. The molecule has 0 bridgehead atoms. The number of aliphatic hydroxyl groups is 1. The van der Waals surface area contributed by atoms with E-state index >= 15 is 0 Å². The Hall–Kier alpha value is -0.950. The van der Waals surface area contributed by atoms with Crippen LogP contribution in [0.5, 0.6) is 0 Å². The molecule has 3 N–H and O–H groups in total. The van der Waals surface area contributed by atoms with Gasteiger partial charge in [0.1, 0.15) is 6.10 Å². The molecule has 22 heavy (non-hydrogen) atoms. The van der Waals surface area contributed by atoms with E-state index in [1.165, 1.54) is 4.88 Å². The Kier molecular flexibility index (Phi) is 5.97. The summed E-state index contributed by atoms with van der Waals surface area (Å²) in [4.78, 5) is 13.1. The van der Waals surface area contributed by atoms with E-state index in [0.717, 1.165) is 6.54 Å². The van der Waals surface area contributed by atoms with E-state index in [0.29, 0.717) is 19.6 Å². The van der Waals surface area contributed by atoms with E-state index in [2.05, 4.69) is 16.7 Å². The second-order valence-electron chi connectivity index (χ2n) is 6.97. The van der Waals surface area contributed by atoms with Gasteiger partial charge in [-0.3, -0.25) is 4.79 Å². The molecule has 1 aromatic rings. The van der Waals surface area contributed by atoms with Gasteiger partial charge in [0.05, 0.1) is 18.8 Å². The number of ether oxygens (including phenoxy) is 1. The first-order chi connectivity index (χ1) is 10.3. The lowest BCUT2D eigenvalue weighted by Gasteiger charge is -2.21. The molecule has 6 heteroatoms. The first-order valence-electron chi connectivity index (χ1n) is 7.67. The predicted molar refractivity (Wildman–Crippen MR) is 87.8 cm³/mol. The molecule has 0 saturated carbocycles. The van der Waals surface area contributed by atoms with Crippen molar-refractivity contribution in [1.82, 2.24) is 10.6 Å². The minimum atomic E-state index is -0.602. The third-order valence-corrected chi connectivity index (χ3v) is 4.47. The van der Waals surface area contributed by atoms with Crippen LogP contribution in [0, 0.1) is 5.41 Å². The molecular formula is C16H26N2O3S. The van der Waals surface area contributed by atoms with Crippen molar-refractivity contribution in [2.24, 2.45) is 5.41 Å². The highest BCUT2D eigenvalue weighted by Crippen LogP contribution is 2.19. The Morgan fingerprint density at radius 3 is 2.91 bits per heavy atom. The van der Waals surface area contributed by atoms with Crippen LogP contribution in [0.1, 0.15) is 32.1 Å². The van der Waals surface area contributed by atoms with Crippen molar-refractivity contribution in [3.63, 3.8) is 0 Å². The monoisotopic (exact) mass is 326 g/mol. The summed E-state index contributed by atoms with van der Waals surface area (Å²) in [5.41, 5.74) is -0.0377. The topological polar surface area (TPSA) is 70.6 Å². The van der Waals surface area contributed by atoms with Crippen LogP contribution in [0.4, 0.5) is 0 Å². The summed E-state index contributed by atoms with van der Waals surface area (Å²) in [5.74, 6) is -0.00158. The van der Waals surface area contributed by atoms with Gasteiger partial charge in [-0.05, 0) is 16.9 Å². The molecule has 5 nitrogen and oxygen atoms in total. The average Bonchev–Trinajstić information content (AvgIpc) is 3.02. The zero-order valence-corrected chi connectivity index (χ0v) is 14.3. The summed E-state index contributed by atoms with van der Waals surface area (Å²) < 4.78 is 5.60. The van der Waals surface area contributed by atoms with Crippen LogP contribution in [0.25, 0.3) is 0 Å². The molecule has 1 aliphatic heterocycles. The Morgan fingerprint density at radius 2 is 2.27 bits per heavy atom. The van der Waals surface area contributed by atoms with Gasteiger partial charge in [-0.1, -0.05) is 26.8 Å². The van der Waals surface area contributed by atoms with Crippen LogP contribution in [0.2, 0.25) is 0 Å². The molecule has 0 spiro atoms. The molecule has 2 heterocycles. The summed E-state index contributed by atoms with van der Waals surface area (Å²) >= 11 is 1.69. The second-order valence-corrected chi connectivity index (χ2v) is 8.00. The normalized spacial score (nSPS) is 25.4. The number of nitrogens with one attached hydrogen (secondary N) is 2. The summed E-state index contributed by atoms with van der Waals surface area (Å²) in [6.45, 7) is 7.62. The van der Waals surface area contributed by atoms with Crippen LogP contribution >= 0.6 is 11.3 Å². The SMILES string of the molecule is CC(C)(C)CC(=O)NC[C@H]1OC[C@@H](NCc2cccs2)[C@@H]1O. The predicted octanol–water partition coefficient (Wildman–Crippen LogP) is 1.52. The van der Waals surface area contributed by atoms with Crippen LogP contribution in [0.3, 0.4) is 0 Å². The van der Waals surface area contributed by atoms with E-state index in [1.807, 2.05) is 32.2 Å². The molecule has 0 aromatic carbocycles. The number of hydrogen-bond donors (Lipinski definition) is 3. The number of thiophene rings is 1. The van der Waals surface area contributed by atoms with Crippen molar-refractivity contribution in [1.29, 1.82) is 0 Å². The Labute approximate surface area is 136 Å². The largest absolute Gasteiger partial charge is 0.389 e. The van der Waals surface area contributed by atoms with Gasteiger partial charge in [-0.2, -0.15) is 0 Å². The van der Waals surface area contributed by atoms with Gasteiger partial charge in [-0.15, -0.1) is 11.3 Å². The zero-order chi connectivity index (χ0) is 16.2. The maximum absolute atomic E-state index is 11.8. The molecule has 3 atom stereocenters. The van der Waals surface area contributed by atoms with E-state index in [9.17, 15) is 9.90 Å². The molecular weight excluding hydrogens is 300 g/mol. The summed E-state index contributed by atoms with van der Waals surface area (Å²) in [5, 5.41) is 18.5. The second kappa shape index (κ2) is 7.55. The Balaban J connectivity index is 1.71. The zero-order valence-electron chi connectivity index (χ0n) is 13.5. The third-order valence-electron chi connectivity index (χ3n) is 3.59. The molecule has 1 aliphatic rings. The highest BCUT2D eigenvalue weighted by atomic mass is 32.1. The Morgan fingerprint density at radius 1 is 1.50 bits per heavy atom. The first-order valence-corrected chi connectivity index (χ1v) is 8.55. The summed E-state index contributed by atoms with van der Waals surface area (Å²) in [6.07, 6.45) is -0.477. The minimum Gasteiger partial charge on any atom is -0.389 e. The molecule has 124 valence electrons. The van der Waals surface area contributed by atoms with Crippen molar-refractivity contribution in [3.8, 4) is 0 Å². The molecule has 1 fully saturated rings. The van der Waals surface area contributed by atoms with Gasteiger partial charge in [0.15, 0.2) is 0 Å². The number of rotatable bonds is 6. The maximum atomic E-state index is 11.8. The van der Waals surface area contributed by atoms with Gasteiger partial charge in [-0.25, -0.2) is 0 Å². The fourth-order valence-corrected chi connectivity index (χ4v) is 3.10. The van der Waals surface area contributed by atoms with E-state index < -0.39 is 6.10 Å². The van der Waals surface area contributed by atoms with Crippen molar-refractivity contribution < 1.29 is 14.6 Å². The van der Waals surface area contributed by atoms with Gasteiger partial charge in [0, 0.05) is 24.4 Å². The molecule has 2 rings (SSSR count). The highest BCUT2D eigenvalue weighted by Gasteiger charge is 2.35. The number of hydrogen-bond acceptors (Lipinski definition) is 5. The highest BCUT2D eigenvalue weighted by molar-refractivity contribution is 7.09. The van der Waals surface area contributed by atoms with Crippen LogP contribution in [-0.4, -0.2) is 42.4 Å². The summed E-state index contributed by atoms with van der Waals surface area (Å²) in [7, 11) is 0. The molecule has 1 saturated heterocycles. The maximum Gasteiger partial charge on any atom is 0.220 e. The smallest absolute Gasteiger partial charge is 0.220 e. The Bertz CT molecular complexity index is 470. The van der Waals surface area contributed by atoms with Crippen molar-refractivity contribution in [3.05, 3.63) is 22.4 Å². The fourth-order valence-electron chi connectivity index (χ4n) is 2.45. The standard InChI is InChI=1S/C16H26N2O3S/c1-16(2,3)7-14(19)18-9-13-15(20)12(10-21-13)17-8-11-5-4-6-22-11/h4-6,12-13,15,17,20H,7-10H2,1-3H3,(H,18,19)/t12-,13-,15+/m1/s1. The van der Waals surface area contributed by atoms with Gasteiger partial charge < -0.3 is 20.5 Å². The number of carbonyl (C=O) groups is 1. The van der Waals surface area contributed by atoms with Crippen LogP contribution < -0.4 is 10.6 Å². The lowest BCUT2D eigenvalue weighted by atomic mass is 9.92. The number of carbonyl (C=O) groups excluding carboxylic acids is 1. The van der Waals surface area contributed by atoms with E-state index in [4.69, 9.17) is 4.74 Å². The van der Waals surface area contributed by atoms with E-state index in [1.54, 1.807) is 11.3 Å². The van der Waals surface area contributed by atoms with Crippen LogP contribution in [0.15, 0.2) is 17.5 Å². The molecule has 0 unspecified atom stereocenters. The lowest BCUT2D eigenvalue weighted by molar-refractivity contribution is -0.123. The fraction of sp³-hybridized carbons (Fsp3) is 0.688. The molecule has 0 aliphatic carbocycles. The summed E-state index contributed by atoms with van der Waals surface area (Å²) in [6, 6.07) is 3.98. The number of aliphatic hydroxyl groups excluding tert-OH is 1. The van der Waals surface area contributed by atoms with Crippen molar-refractivity contribution >= 4 is 17.2 Å². The minimum absolute atomic E-state index is 0.00158. The molecule has 1 aromatic heterocycles. The van der Waals surface area contributed by atoms with Gasteiger partial charge in [0.25, 0.3) is 0 Å². The van der Waals surface area contributed by atoms with Crippen molar-refractivity contribution in [2.45, 2.75) is 52.0 Å². The molecule has 1 amide bonds. The lowest BCUT2D eigenvalue weighted by Crippen LogP contribution is -2.44. The van der Waals surface area contributed by atoms with E-state index in [-0.39, 0.29) is 23.5 Å². The first kappa shape index (κ1) is 17.4. The van der Waals surface area contributed by atoms with Gasteiger partial charge >= 0.3 is 0 Å². The third kappa shape index (κ3) is 5.35. The van der Waals surface area contributed by atoms with Crippen molar-refractivity contribution in [2.75, 3.05) is 13.2 Å². The molecule has 0 radical (unpaired) electrons. The van der Waals surface area contributed by atoms with Gasteiger partial charge in [0.2, 0.25) is 5.91 Å². The van der Waals surface area contributed by atoms with Crippen LogP contribution in [-0.2, 0) is 16.1 Å². The quantitative estimate of drug-likeness (QED) is 0.741.